The quantitative estimate of drug-likeness (QED) is 0.477. The zero-order chi connectivity index (χ0) is 21.5. The van der Waals surface area contributed by atoms with Gasteiger partial charge < -0.3 is 19.5 Å². The van der Waals surface area contributed by atoms with Crippen LogP contribution in [0.5, 0.6) is 0 Å². The highest BCUT2D eigenvalue weighted by molar-refractivity contribution is 6.31. The molecule has 31 heavy (non-hydrogen) atoms. The van der Waals surface area contributed by atoms with Crippen LogP contribution in [0.15, 0.2) is 54.7 Å². The number of hydrogen-bond acceptors (Lipinski definition) is 3. The van der Waals surface area contributed by atoms with Gasteiger partial charge in [0, 0.05) is 43.1 Å². The number of benzene rings is 2. The smallest absolute Gasteiger partial charge is 0.321 e. The van der Waals surface area contributed by atoms with Gasteiger partial charge in [0.1, 0.15) is 0 Å². The molecular formula is C24H24ClN5O. The van der Waals surface area contributed by atoms with Gasteiger partial charge >= 0.3 is 6.03 Å². The molecule has 6 nitrogen and oxygen atoms in total. The van der Waals surface area contributed by atoms with E-state index in [0.29, 0.717) is 18.1 Å². The van der Waals surface area contributed by atoms with Gasteiger partial charge in [-0.3, -0.25) is 0 Å². The lowest BCUT2D eigenvalue weighted by atomic mass is 10.1. The molecule has 0 bridgehead atoms. The van der Waals surface area contributed by atoms with Gasteiger partial charge in [-0.15, -0.1) is 0 Å². The van der Waals surface area contributed by atoms with E-state index in [1.807, 2.05) is 53.6 Å². The molecule has 1 fully saturated rings. The minimum atomic E-state index is -0.0611. The van der Waals surface area contributed by atoms with Crippen LogP contribution in [0, 0.1) is 13.8 Å². The number of aromatic nitrogens is 2. The number of aryl methyl sites for hydroxylation is 2. The molecule has 0 unspecified atom stereocenters. The number of rotatable bonds is 2. The van der Waals surface area contributed by atoms with Gasteiger partial charge in [-0.05, 0) is 67.4 Å². The predicted octanol–water partition coefficient (Wildman–Crippen LogP) is 5.11. The summed E-state index contributed by atoms with van der Waals surface area (Å²) in [7, 11) is 0. The molecule has 0 spiro atoms. The Balaban J connectivity index is 1.34. The number of amides is 2. The molecule has 0 atom stereocenters. The monoisotopic (exact) mass is 433 g/mol. The molecule has 5 rings (SSSR count). The van der Waals surface area contributed by atoms with Crippen LogP contribution >= 0.6 is 11.6 Å². The van der Waals surface area contributed by atoms with Crippen LogP contribution in [-0.4, -0.2) is 46.5 Å². The van der Waals surface area contributed by atoms with Crippen molar-refractivity contribution < 1.29 is 4.79 Å². The molecule has 1 aliphatic rings. The number of anilines is 2. The van der Waals surface area contributed by atoms with Crippen molar-refractivity contribution in [3.8, 4) is 0 Å². The largest absolute Gasteiger partial charge is 0.351 e. The number of fused-ring (bicyclic) bond motifs is 3. The SMILES string of the molecule is Cc1ccc(NC(=O)N2CCN(c3nc4cc(Cl)ccc4n4cccc34)CC2)cc1C. The standard InChI is InChI=1S/C24H24ClN5O/c1-16-5-7-19(14-17(16)2)26-24(31)29-12-10-28(11-13-29)23-22-4-3-9-30(22)21-8-6-18(25)15-20(21)27-23/h3-9,14-15H,10-13H2,1-2H3,(H,26,31). The summed E-state index contributed by atoms with van der Waals surface area (Å²) >= 11 is 6.21. The van der Waals surface area contributed by atoms with Crippen molar-refractivity contribution in [2.45, 2.75) is 13.8 Å². The van der Waals surface area contributed by atoms with E-state index in [0.717, 1.165) is 41.1 Å². The number of halogens is 1. The zero-order valence-electron chi connectivity index (χ0n) is 17.6. The first kappa shape index (κ1) is 19.7. The first-order valence-electron chi connectivity index (χ1n) is 10.4. The van der Waals surface area contributed by atoms with Gasteiger partial charge in [0.25, 0.3) is 0 Å². The van der Waals surface area contributed by atoms with Crippen LogP contribution in [0.2, 0.25) is 5.02 Å². The summed E-state index contributed by atoms with van der Waals surface area (Å²) in [5, 5.41) is 3.70. The van der Waals surface area contributed by atoms with Crippen LogP contribution < -0.4 is 10.2 Å². The molecular weight excluding hydrogens is 410 g/mol. The molecule has 4 aromatic rings. The van der Waals surface area contributed by atoms with E-state index in [1.54, 1.807) is 0 Å². The molecule has 1 aliphatic heterocycles. The van der Waals surface area contributed by atoms with Crippen molar-refractivity contribution in [2.24, 2.45) is 0 Å². The third kappa shape index (κ3) is 3.68. The number of hydrogen-bond donors (Lipinski definition) is 1. The molecule has 2 amide bonds. The van der Waals surface area contributed by atoms with E-state index < -0.39 is 0 Å². The van der Waals surface area contributed by atoms with Crippen molar-refractivity contribution in [3.05, 3.63) is 70.9 Å². The predicted molar refractivity (Wildman–Crippen MR) is 126 cm³/mol. The van der Waals surface area contributed by atoms with E-state index in [2.05, 4.69) is 34.5 Å². The van der Waals surface area contributed by atoms with Crippen LogP contribution in [-0.2, 0) is 0 Å². The van der Waals surface area contributed by atoms with E-state index in [-0.39, 0.29) is 6.03 Å². The molecule has 0 radical (unpaired) electrons. The minimum Gasteiger partial charge on any atom is -0.351 e. The van der Waals surface area contributed by atoms with Crippen LogP contribution in [0.4, 0.5) is 16.3 Å². The highest BCUT2D eigenvalue weighted by Crippen LogP contribution is 2.28. The van der Waals surface area contributed by atoms with E-state index >= 15 is 0 Å². The van der Waals surface area contributed by atoms with Crippen molar-refractivity contribution in [3.63, 3.8) is 0 Å². The average Bonchev–Trinajstić information content (AvgIpc) is 3.26. The van der Waals surface area contributed by atoms with Gasteiger partial charge in [-0.2, -0.15) is 0 Å². The third-order valence-electron chi connectivity index (χ3n) is 6.03. The Morgan fingerprint density at radius 3 is 2.55 bits per heavy atom. The van der Waals surface area contributed by atoms with Crippen molar-refractivity contribution in [2.75, 3.05) is 36.4 Å². The van der Waals surface area contributed by atoms with E-state index in [1.165, 1.54) is 11.1 Å². The van der Waals surface area contributed by atoms with Gasteiger partial charge in [0.2, 0.25) is 0 Å². The third-order valence-corrected chi connectivity index (χ3v) is 6.26. The van der Waals surface area contributed by atoms with E-state index in [4.69, 9.17) is 16.6 Å². The maximum Gasteiger partial charge on any atom is 0.321 e. The Kier molecular flexibility index (Phi) is 4.94. The van der Waals surface area contributed by atoms with E-state index in [9.17, 15) is 4.79 Å². The fourth-order valence-electron chi connectivity index (χ4n) is 4.11. The van der Waals surface area contributed by atoms with Crippen molar-refractivity contribution in [1.29, 1.82) is 0 Å². The molecule has 7 heteroatoms. The lowest BCUT2D eigenvalue weighted by molar-refractivity contribution is 0.208. The molecule has 158 valence electrons. The molecule has 2 aromatic carbocycles. The topological polar surface area (TPSA) is 52.9 Å². The maximum atomic E-state index is 12.8. The number of carbonyl (C=O) groups excluding carboxylic acids is 1. The summed E-state index contributed by atoms with van der Waals surface area (Å²) < 4.78 is 2.15. The minimum absolute atomic E-state index is 0.0611. The molecule has 0 aliphatic carbocycles. The fraction of sp³-hybridized carbons (Fsp3) is 0.250. The Labute approximate surface area is 186 Å². The second-order valence-corrected chi connectivity index (χ2v) is 8.47. The van der Waals surface area contributed by atoms with Gasteiger partial charge in [-0.25, -0.2) is 9.78 Å². The molecule has 1 saturated heterocycles. The fourth-order valence-corrected chi connectivity index (χ4v) is 4.28. The summed E-state index contributed by atoms with van der Waals surface area (Å²) in [4.78, 5) is 21.8. The first-order chi connectivity index (χ1) is 15.0. The molecule has 1 N–H and O–H groups in total. The molecule has 3 heterocycles. The van der Waals surface area contributed by atoms with Crippen molar-refractivity contribution >= 4 is 45.7 Å². The molecule has 0 saturated carbocycles. The number of piperazine rings is 1. The Morgan fingerprint density at radius 1 is 0.968 bits per heavy atom. The van der Waals surface area contributed by atoms with Crippen LogP contribution in [0.25, 0.3) is 16.6 Å². The second kappa shape index (κ2) is 7.78. The Bertz CT molecular complexity index is 1290. The zero-order valence-corrected chi connectivity index (χ0v) is 18.4. The van der Waals surface area contributed by atoms with Gasteiger partial charge in [0.15, 0.2) is 5.82 Å². The highest BCUT2D eigenvalue weighted by Gasteiger charge is 2.24. The van der Waals surface area contributed by atoms with Crippen LogP contribution in [0.3, 0.4) is 0 Å². The lowest BCUT2D eigenvalue weighted by Crippen LogP contribution is -2.50. The normalized spacial score (nSPS) is 14.4. The Morgan fingerprint density at radius 2 is 1.77 bits per heavy atom. The second-order valence-electron chi connectivity index (χ2n) is 8.04. The summed E-state index contributed by atoms with van der Waals surface area (Å²) in [5.74, 6) is 0.925. The number of nitrogens with zero attached hydrogens (tertiary/aromatic N) is 4. The van der Waals surface area contributed by atoms with Crippen molar-refractivity contribution in [1.82, 2.24) is 14.3 Å². The first-order valence-corrected chi connectivity index (χ1v) is 10.8. The number of carbonyl (C=O) groups is 1. The summed E-state index contributed by atoms with van der Waals surface area (Å²) in [5.41, 5.74) is 6.16. The van der Waals surface area contributed by atoms with Crippen LogP contribution in [0.1, 0.15) is 11.1 Å². The number of nitrogens with one attached hydrogen (secondary N) is 1. The lowest BCUT2D eigenvalue weighted by Gasteiger charge is -2.35. The summed E-state index contributed by atoms with van der Waals surface area (Å²) in [6.07, 6.45) is 2.05. The molecule has 2 aromatic heterocycles. The maximum absolute atomic E-state index is 12.8. The van der Waals surface area contributed by atoms with Gasteiger partial charge in [0.05, 0.1) is 16.6 Å². The number of urea groups is 1. The highest BCUT2D eigenvalue weighted by atomic mass is 35.5. The van der Waals surface area contributed by atoms with Gasteiger partial charge in [-0.1, -0.05) is 17.7 Å². The summed E-state index contributed by atoms with van der Waals surface area (Å²) in [6, 6.07) is 15.8. The average molecular weight is 434 g/mol. The summed E-state index contributed by atoms with van der Waals surface area (Å²) in [6.45, 7) is 6.84. The Hall–Kier alpha value is -3.25.